The number of aryl methyl sites for hydroxylation is 1. The molecule has 0 bridgehead atoms. The molecule has 4 aromatic rings. The summed E-state index contributed by atoms with van der Waals surface area (Å²) in [4.78, 5) is 16.6. The maximum absolute atomic E-state index is 13.7. The average Bonchev–Trinajstić information content (AvgIpc) is 3.19. The molecule has 2 heterocycles. The number of para-hydroxylation sites is 1. The molecule has 0 aliphatic heterocycles. The van der Waals surface area contributed by atoms with E-state index in [1.54, 1.807) is 29.0 Å². The zero-order valence-corrected chi connectivity index (χ0v) is 16.6. The van der Waals surface area contributed by atoms with Crippen LogP contribution in [0.1, 0.15) is 12.5 Å². The van der Waals surface area contributed by atoms with E-state index in [2.05, 4.69) is 46.6 Å². The van der Waals surface area contributed by atoms with E-state index in [0.29, 0.717) is 5.03 Å². The van der Waals surface area contributed by atoms with E-state index < -0.39 is 5.82 Å². The van der Waals surface area contributed by atoms with E-state index in [4.69, 9.17) is 0 Å². The maximum Gasteiger partial charge on any atom is 0.234 e. The van der Waals surface area contributed by atoms with Crippen molar-refractivity contribution in [2.24, 2.45) is 0 Å². The summed E-state index contributed by atoms with van der Waals surface area (Å²) in [5.41, 5.74) is 4.14. The van der Waals surface area contributed by atoms with Crippen molar-refractivity contribution in [2.75, 3.05) is 11.1 Å². The van der Waals surface area contributed by atoms with Crippen LogP contribution in [0.2, 0.25) is 0 Å². The Morgan fingerprint density at radius 3 is 2.72 bits per heavy atom. The van der Waals surface area contributed by atoms with Crippen LogP contribution < -0.4 is 5.32 Å². The van der Waals surface area contributed by atoms with Crippen LogP contribution in [0.4, 0.5) is 10.1 Å². The van der Waals surface area contributed by atoms with Crippen LogP contribution in [0.5, 0.6) is 0 Å². The van der Waals surface area contributed by atoms with Gasteiger partial charge in [-0.1, -0.05) is 55.1 Å². The van der Waals surface area contributed by atoms with Crippen molar-refractivity contribution in [1.29, 1.82) is 0 Å². The standard InChI is InChI=1S/C22H19FN4OS/c1-2-15-7-9-16(10-8-15)19-13-20-22(24-11-12-27(20)26-19)29-14-21(28)25-18-6-4-3-5-17(18)23/h3-13H,2,14H2,1H3,(H,25,28). The van der Waals surface area contributed by atoms with Crippen LogP contribution in [-0.2, 0) is 11.2 Å². The largest absolute Gasteiger partial charge is 0.323 e. The molecule has 0 unspecified atom stereocenters. The van der Waals surface area contributed by atoms with Crippen LogP contribution in [0.15, 0.2) is 72.0 Å². The lowest BCUT2D eigenvalue weighted by atomic mass is 10.1. The van der Waals surface area contributed by atoms with Gasteiger partial charge in [0.05, 0.1) is 22.7 Å². The Morgan fingerprint density at radius 2 is 1.97 bits per heavy atom. The number of carbonyl (C=O) groups is 1. The van der Waals surface area contributed by atoms with E-state index >= 15 is 0 Å². The fourth-order valence-corrected chi connectivity index (χ4v) is 3.72. The van der Waals surface area contributed by atoms with Crippen LogP contribution in [0.25, 0.3) is 16.8 Å². The van der Waals surface area contributed by atoms with Crippen molar-refractivity contribution in [2.45, 2.75) is 18.4 Å². The van der Waals surface area contributed by atoms with Gasteiger partial charge in [0, 0.05) is 18.0 Å². The summed E-state index contributed by atoms with van der Waals surface area (Å²) >= 11 is 1.29. The Morgan fingerprint density at radius 1 is 1.17 bits per heavy atom. The van der Waals surface area contributed by atoms with Crippen molar-refractivity contribution in [3.8, 4) is 11.3 Å². The fraction of sp³-hybridized carbons (Fsp3) is 0.136. The number of fused-ring (bicyclic) bond motifs is 1. The molecule has 29 heavy (non-hydrogen) atoms. The highest BCUT2D eigenvalue weighted by Gasteiger charge is 2.12. The van der Waals surface area contributed by atoms with Gasteiger partial charge in [-0.15, -0.1) is 0 Å². The highest BCUT2D eigenvalue weighted by molar-refractivity contribution is 8.00. The number of amides is 1. The molecule has 4 rings (SSSR count). The van der Waals surface area contributed by atoms with E-state index in [1.807, 2.05) is 6.07 Å². The predicted octanol–water partition coefficient (Wildman–Crippen LogP) is 4.83. The second-order valence-electron chi connectivity index (χ2n) is 6.46. The lowest BCUT2D eigenvalue weighted by molar-refractivity contribution is -0.113. The monoisotopic (exact) mass is 406 g/mol. The van der Waals surface area contributed by atoms with Gasteiger partial charge in [-0.05, 0) is 30.2 Å². The minimum Gasteiger partial charge on any atom is -0.323 e. The lowest BCUT2D eigenvalue weighted by Gasteiger charge is -2.06. The lowest BCUT2D eigenvalue weighted by Crippen LogP contribution is -2.15. The fourth-order valence-electron chi connectivity index (χ4n) is 2.94. The molecule has 5 nitrogen and oxygen atoms in total. The van der Waals surface area contributed by atoms with Crippen molar-refractivity contribution in [1.82, 2.24) is 14.6 Å². The van der Waals surface area contributed by atoms with E-state index in [-0.39, 0.29) is 17.3 Å². The number of halogens is 1. The number of carbonyl (C=O) groups excluding carboxylic acids is 1. The van der Waals surface area contributed by atoms with Gasteiger partial charge < -0.3 is 5.32 Å². The maximum atomic E-state index is 13.7. The van der Waals surface area contributed by atoms with Gasteiger partial charge in [0.1, 0.15) is 10.8 Å². The van der Waals surface area contributed by atoms with Gasteiger partial charge in [0.2, 0.25) is 5.91 Å². The minimum atomic E-state index is -0.458. The number of hydrogen-bond acceptors (Lipinski definition) is 4. The summed E-state index contributed by atoms with van der Waals surface area (Å²) < 4.78 is 15.4. The normalized spacial score (nSPS) is 11.0. The highest BCUT2D eigenvalue weighted by Crippen LogP contribution is 2.26. The molecule has 146 valence electrons. The first kappa shape index (κ1) is 19.1. The Bertz CT molecular complexity index is 1160. The molecule has 0 radical (unpaired) electrons. The molecule has 0 spiro atoms. The van der Waals surface area contributed by atoms with Crippen molar-refractivity contribution in [3.63, 3.8) is 0 Å². The molecule has 2 aromatic carbocycles. The summed E-state index contributed by atoms with van der Waals surface area (Å²) in [5.74, 6) is -0.633. The molecule has 0 aliphatic rings. The summed E-state index contributed by atoms with van der Waals surface area (Å²) in [5, 5.41) is 7.90. The molecule has 0 fully saturated rings. The molecule has 1 amide bonds. The van der Waals surface area contributed by atoms with Gasteiger partial charge in [0.25, 0.3) is 0 Å². The van der Waals surface area contributed by atoms with Crippen molar-refractivity contribution < 1.29 is 9.18 Å². The second kappa shape index (κ2) is 8.45. The molecule has 7 heteroatoms. The third kappa shape index (κ3) is 4.30. The summed E-state index contributed by atoms with van der Waals surface area (Å²) in [6.07, 6.45) is 4.43. The number of nitrogens with one attached hydrogen (secondary N) is 1. The smallest absolute Gasteiger partial charge is 0.234 e. The minimum absolute atomic E-state index is 0.118. The van der Waals surface area contributed by atoms with Crippen molar-refractivity contribution in [3.05, 3.63) is 78.4 Å². The van der Waals surface area contributed by atoms with E-state index in [0.717, 1.165) is 23.2 Å². The molecule has 2 aromatic heterocycles. The molecular formula is C22H19FN4OS. The first-order valence-corrected chi connectivity index (χ1v) is 10.2. The molecule has 0 saturated heterocycles. The third-order valence-corrected chi connectivity index (χ3v) is 5.49. The van der Waals surface area contributed by atoms with Crippen LogP contribution in [0, 0.1) is 5.82 Å². The summed E-state index contributed by atoms with van der Waals surface area (Å²) in [6, 6.07) is 16.4. The Labute approximate surface area is 172 Å². The number of nitrogens with zero attached hydrogens (tertiary/aromatic N) is 3. The number of benzene rings is 2. The first-order chi connectivity index (χ1) is 14.1. The van der Waals surface area contributed by atoms with Crippen LogP contribution in [-0.4, -0.2) is 26.3 Å². The molecule has 0 atom stereocenters. The van der Waals surface area contributed by atoms with Crippen LogP contribution >= 0.6 is 11.8 Å². The number of aromatic nitrogens is 3. The zero-order chi connectivity index (χ0) is 20.2. The van der Waals surface area contributed by atoms with Gasteiger partial charge in [-0.3, -0.25) is 4.79 Å². The van der Waals surface area contributed by atoms with Crippen LogP contribution in [0.3, 0.4) is 0 Å². The number of anilines is 1. The predicted molar refractivity (Wildman–Crippen MR) is 114 cm³/mol. The second-order valence-corrected chi connectivity index (χ2v) is 7.42. The van der Waals surface area contributed by atoms with Gasteiger partial charge in [-0.2, -0.15) is 5.10 Å². The van der Waals surface area contributed by atoms with Crippen molar-refractivity contribution >= 4 is 28.9 Å². The third-order valence-electron chi connectivity index (χ3n) is 4.50. The topological polar surface area (TPSA) is 59.3 Å². The van der Waals surface area contributed by atoms with Gasteiger partial charge in [0.15, 0.2) is 0 Å². The zero-order valence-electron chi connectivity index (χ0n) is 15.8. The quantitative estimate of drug-likeness (QED) is 0.466. The number of thioether (sulfide) groups is 1. The van der Waals surface area contributed by atoms with E-state index in [1.165, 1.54) is 29.5 Å². The Balaban J connectivity index is 1.51. The number of rotatable bonds is 6. The molecule has 0 aliphatic carbocycles. The average molecular weight is 406 g/mol. The SMILES string of the molecule is CCc1ccc(-c2cc3c(SCC(=O)Nc4ccccc4F)nccn3n2)cc1. The summed E-state index contributed by atoms with van der Waals surface area (Å²) in [7, 11) is 0. The first-order valence-electron chi connectivity index (χ1n) is 9.25. The Hall–Kier alpha value is -3.19. The Kier molecular flexibility index (Phi) is 5.57. The molecular weight excluding hydrogens is 387 g/mol. The summed E-state index contributed by atoms with van der Waals surface area (Å²) in [6.45, 7) is 2.12. The molecule has 0 saturated carbocycles. The van der Waals surface area contributed by atoms with E-state index in [9.17, 15) is 9.18 Å². The number of hydrogen-bond donors (Lipinski definition) is 1. The van der Waals surface area contributed by atoms with Gasteiger partial charge in [-0.25, -0.2) is 13.9 Å². The highest BCUT2D eigenvalue weighted by atomic mass is 32.2. The molecule has 1 N–H and O–H groups in total. The van der Waals surface area contributed by atoms with Gasteiger partial charge >= 0.3 is 0 Å².